The molecule has 3 aromatic heterocycles. The molecule has 1 saturated heterocycles. The van der Waals surface area contributed by atoms with Crippen LogP contribution in [0.1, 0.15) is 19.7 Å². The highest BCUT2D eigenvalue weighted by Crippen LogP contribution is 2.35. The number of aromatic nitrogens is 5. The lowest BCUT2D eigenvalue weighted by molar-refractivity contribution is -0.114. The predicted molar refractivity (Wildman–Crippen MR) is 103 cm³/mol. The second-order valence-corrected chi connectivity index (χ2v) is 7.38. The van der Waals surface area contributed by atoms with Gasteiger partial charge in [-0.25, -0.2) is 28.4 Å². The Morgan fingerprint density at radius 3 is 2.71 bits per heavy atom. The van der Waals surface area contributed by atoms with E-state index in [-0.39, 0.29) is 29.9 Å². The van der Waals surface area contributed by atoms with E-state index in [9.17, 15) is 22.4 Å². The molecule has 0 bridgehead atoms. The predicted octanol–water partition coefficient (Wildman–Crippen LogP) is 2.06. The number of carbonyl (C=O) groups is 1. The van der Waals surface area contributed by atoms with E-state index >= 15 is 0 Å². The SMILES string of the molecule is CC(=O)Nc1cc2c(cn1)c(N1CC(N)C(F)(F)C1)nn2-c1ccnc(C(C)(F)F)n1. The Bertz CT molecular complexity index is 1160. The number of rotatable bonds is 4. The smallest absolute Gasteiger partial charge is 0.303 e. The summed E-state index contributed by atoms with van der Waals surface area (Å²) in [7, 11) is 0. The number of carbonyl (C=O) groups excluding carboxylic acids is 1. The Hall–Kier alpha value is -3.35. The van der Waals surface area contributed by atoms with E-state index in [2.05, 4.69) is 25.4 Å². The number of alkyl halides is 4. The van der Waals surface area contributed by atoms with Crippen LogP contribution >= 0.6 is 0 Å². The van der Waals surface area contributed by atoms with Gasteiger partial charge in [-0.15, -0.1) is 5.10 Å². The minimum Gasteiger partial charge on any atom is -0.347 e. The first-order valence-corrected chi connectivity index (χ1v) is 9.22. The van der Waals surface area contributed by atoms with E-state index in [0.29, 0.717) is 17.8 Å². The van der Waals surface area contributed by atoms with Crippen molar-refractivity contribution in [3.8, 4) is 5.82 Å². The maximum absolute atomic E-state index is 14.0. The Morgan fingerprint density at radius 2 is 2.10 bits per heavy atom. The molecule has 1 aliphatic rings. The third kappa shape index (κ3) is 3.87. The Labute approximate surface area is 173 Å². The van der Waals surface area contributed by atoms with Gasteiger partial charge in [0.1, 0.15) is 5.82 Å². The summed E-state index contributed by atoms with van der Waals surface area (Å²) in [6.45, 7) is 1.14. The first-order valence-electron chi connectivity index (χ1n) is 9.22. The van der Waals surface area contributed by atoms with Crippen molar-refractivity contribution in [2.45, 2.75) is 31.7 Å². The molecule has 0 aliphatic carbocycles. The number of hydrogen-bond donors (Lipinski definition) is 2. The van der Waals surface area contributed by atoms with Crippen molar-refractivity contribution >= 4 is 28.4 Å². The Kier molecular flexibility index (Phi) is 4.80. The highest BCUT2D eigenvalue weighted by atomic mass is 19.3. The number of pyridine rings is 1. The molecular formula is C18H18F4N8O. The number of nitrogens with one attached hydrogen (secondary N) is 1. The van der Waals surface area contributed by atoms with E-state index < -0.39 is 30.3 Å². The van der Waals surface area contributed by atoms with E-state index in [1.54, 1.807) is 0 Å². The third-order valence-corrected chi connectivity index (χ3v) is 4.76. The van der Waals surface area contributed by atoms with Crippen molar-refractivity contribution in [1.82, 2.24) is 24.7 Å². The fourth-order valence-electron chi connectivity index (χ4n) is 3.30. The molecule has 164 valence electrons. The molecule has 1 unspecified atom stereocenters. The molecule has 1 atom stereocenters. The van der Waals surface area contributed by atoms with E-state index in [1.165, 1.54) is 34.8 Å². The topological polar surface area (TPSA) is 115 Å². The average molecular weight is 438 g/mol. The summed E-state index contributed by atoms with van der Waals surface area (Å²) in [4.78, 5) is 24.3. The number of nitrogens with two attached hydrogens (primary N) is 1. The zero-order valence-electron chi connectivity index (χ0n) is 16.5. The largest absolute Gasteiger partial charge is 0.347 e. The van der Waals surface area contributed by atoms with Crippen LogP contribution in [0, 0.1) is 0 Å². The molecule has 4 heterocycles. The van der Waals surface area contributed by atoms with Crippen LogP contribution < -0.4 is 16.0 Å². The lowest BCUT2D eigenvalue weighted by Gasteiger charge is -2.15. The molecular weight excluding hydrogens is 420 g/mol. The fourth-order valence-corrected chi connectivity index (χ4v) is 3.30. The van der Waals surface area contributed by atoms with Gasteiger partial charge in [0.05, 0.1) is 23.5 Å². The zero-order chi connectivity index (χ0) is 22.6. The molecule has 1 amide bonds. The molecule has 31 heavy (non-hydrogen) atoms. The van der Waals surface area contributed by atoms with Crippen molar-refractivity contribution in [3.05, 3.63) is 30.4 Å². The van der Waals surface area contributed by atoms with Gasteiger partial charge in [0.2, 0.25) is 11.7 Å². The average Bonchev–Trinajstić information content (AvgIpc) is 3.17. The van der Waals surface area contributed by atoms with Gasteiger partial charge < -0.3 is 16.0 Å². The molecule has 4 rings (SSSR count). The van der Waals surface area contributed by atoms with Crippen LogP contribution in [-0.2, 0) is 10.7 Å². The molecule has 9 nitrogen and oxygen atoms in total. The quantitative estimate of drug-likeness (QED) is 0.599. The first-order chi connectivity index (χ1) is 14.5. The van der Waals surface area contributed by atoms with Gasteiger partial charge in [-0.1, -0.05) is 0 Å². The number of amides is 1. The minimum atomic E-state index is -3.30. The van der Waals surface area contributed by atoms with Crippen LogP contribution in [0.25, 0.3) is 16.7 Å². The van der Waals surface area contributed by atoms with E-state index in [1.807, 2.05) is 0 Å². The van der Waals surface area contributed by atoms with Gasteiger partial charge in [-0.2, -0.15) is 8.78 Å². The lowest BCUT2D eigenvalue weighted by atomic mass is 10.2. The second-order valence-electron chi connectivity index (χ2n) is 7.38. The van der Waals surface area contributed by atoms with Gasteiger partial charge in [0, 0.05) is 44.9 Å². The Balaban J connectivity index is 1.89. The highest BCUT2D eigenvalue weighted by Gasteiger charge is 2.47. The number of fused-ring (bicyclic) bond motifs is 1. The van der Waals surface area contributed by atoms with Crippen molar-refractivity contribution in [2.75, 3.05) is 23.3 Å². The lowest BCUT2D eigenvalue weighted by Crippen LogP contribution is -2.38. The summed E-state index contributed by atoms with van der Waals surface area (Å²) in [5.74, 6) is -7.20. The molecule has 1 aliphatic heterocycles. The fraction of sp³-hybridized carbons (Fsp3) is 0.389. The minimum absolute atomic E-state index is 0.00185. The van der Waals surface area contributed by atoms with Crippen molar-refractivity contribution in [1.29, 1.82) is 0 Å². The molecule has 1 fully saturated rings. The normalized spacial score (nSPS) is 18.5. The van der Waals surface area contributed by atoms with Crippen LogP contribution in [-0.4, -0.2) is 55.7 Å². The van der Waals surface area contributed by atoms with Gasteiger partial charge in [-0.05, 0) is 0 Å². The van der Waals surface area contributed by atoms with Gasteiger partial charge in [0.25, 0.3) is 5.92 Å². The molecule has 0 radical (unpaired) electrons. The van der Waals surface area contributed by atoms with Crippen LogP contribution in [0.3, 0.4) is 0 Å². The van der Waals surface area contributed by atoms with Crippen LogP contribution in [0.4, 0.5) is 29.2 Å². The Morgan fingerprint density at radius 1 is 1.35 bits per heavy atom. The van der Waals surface area contributed by atoms with E-state index in [4.69, 9.17) is 5.73 Å². The molecule has 0 aromatic carbocycles. The third-order valence-electron chi connectivity index (χ3n) is 4.76. The molecule has 13 heteroatoms. The number of nitrogens with zero attached hydrogens (tertiary/aromatic N) is 6. The number of halogens is 4. The van der Waals surface area contributed by atoms with Gasteiger partial charge in [0.15, 0.2) is 11.6 Å². The van der Waals surface area contributed by atoms with Gasteiger partial charge >= 0.3 is 5.92 Å². The van der Waals surface area contributed by atoms with Crippen LogP contribution in [0.15, 0.2) is 24.5 Å². The zero-order valence-corrected chi connectivity index (χ0v) is 16.5. The summed E-state index contributed by atoms with van der Waals surface area (Å²) < 4.78 is 56.7. The standard InChI is InChI=1S/C18H18F4N8O/c1-9(31)26-13-5-11-10(6-25-13)15(29-7-12(23)18(21,22)8-29)28-30(11)14-3-4-24-16(27-14)17(2,19)20/h3-6,12H,7-8,23H2,1-2H3,(H,25,26,31). The summed E-state index contributed by atoms with van der Waals surface area (Å²) >= 11 is 0. The summed E-state index contributed by atoms with van der Waals surface area (Å²) in [5, 5.41) is 7.23. The number of hydrogen-bond acceptors (Lipinski definition) is 7. The maximum atomic E-state index is 14.0. The van der Waals surface area contributed by atoms with Crippen molar-refractivity contribution < 1.29 is 22.4 Å². The van der Waals surface area contributed by atoms with Crippen LogP contribution in [0.5, 0.6) is 0 Å². The summed E-state index contributed by atoms with van der Waals surface area (Å²) in [5.41, 5.74) is 5.88. The number of anilines is 2. The summed E-state index contributed by atoms with van der Waals surface area (Å²) in [6, 6.07) is 1.42. The molecule has 3 aromatic rings. The first kappa shape index (κ1) is 20.9. The van der Waals surface area contributed by atoms with Gasteiger partial charge in [-0.3, -0.25) is 4.79 Å². The monoisotopic (exact) mass is 438 g/mol. The van der Waals surface area contributed by atoms with Crippen molar-refractivity contribution in [2.24, 2.45) is 5.73 Å². The van der Waals surface area contributed by atoms with Crippen molar-refractivity contribution in [3.63, 3.8) is 0 Å². The van der Waals surface area contributed by atoms with Crippen LogP contribution in [0.2, 0.25) is 0 Å². The molecule has 3 N–H and O–H groups in total. The molecule has 0 saturated carbocycles. The summed E-state index contributed by atoms with van der Waals surface area (Å²) in [6.07, 6.45) is 2.51. The maximum Gasteiger partial charge on any atom is 0.303 e. The molecule has 0 spiro atoms. The van der Waals surface area contributed by atoms with E-state index in [0.717, 1.165) is 6.20 Å². The second kappa shape index (κ2) is 7.11. The highest BCUT2D eigenvalue weighted by molar-refractivity contribution is 5.95.